The van der Waals surface area contributed by atoms with Gasteiger partial charge in [-0.25, -0.2) is 4.79 Å². The number of nitrogens with zero attached hydrogens (tertiary/aromatic N) is 1. The van der Waals surface area contributed by atoms with Crippen LogP contribution in [0.15, 0.2) is 42.5 Å². The molecule has 2 aliphatic rings. The molecule has 0 spiro atoms. The van der Waals surface area contributed by atoms with E-state index in [1.807, 2.05) is 19.1 Å². The summed E-state index contributed by atoms with van der Waals surface area (Å²) >= 11 is 0. The second-order valence-corrected chi connectivity index (χ2v) is 7.75. The molecule has 0 aromatic heterocycles. The number of rotatable bonds is 6. The average Bonchev–Trinajstić information content (AvgIpc) is 3.01. The summed E-state index contributed by atoms with van der Waals surface area (Å²) < 4.78 is 15.9. The van der Waals surface area contributed by atoms with Crippen molar-refractivity contribution in [1.82, 2.24) is 10.2 Å². The predicted octanol–water partition coefficient (Wildman–Crippen LogP) is 1.96. The van der Waals surface area contributed by atoms with Crippen LogP contribution in [0.1, 0.15) is 28.4 Å². The fourth-order valence-corrected chi connectivity index (χ4v) is 3.54. The molecule has 2 aliphatic heterocycles. The first-order valence-corrected chi connectivity index (χ1v) is 10.1. The van der Waals surface area contributed by atoms with E-state index in [9.17, 15) is 19.2 Å². The average molecular weight is 438 g/mol. The van der Waals surface area contributed by atoms with E-state index in [0.717, 1.165) is 10.5 Å². The molecule has 9 heteroatoms. The Morgan fingerprint density at radius 1 is 1.06 bits per heavy atom. The first kappa shape index (κ1) is 21.4. The number of hydrogen-bond acceptors (Lipinski definition) is 7. The van der Waals surface area contributed by atoms with Gasteiger partial charge in [-0.15, -0.1) is 0 Å². The molecule has 3 amide bonds. The van der Waals surface area contributed by atoms with Crippen LogP contribution in [-0.2, 0) is 19.9 Å². The molecular weight excluding hydrogens is 416 g/mol. The molecule has 9 nitrogen and oxygen atoms in total. The van der Waals surface area contributed by atoms with Crippen LogP contribution in [0.5, 0.6) is 11.5 Å². The molecule has 2 aromatic rings. The molecule has 1 N–H and O–H groups in total. The number of imide groups is 1. The van der Waals surface area contributed by atoms with Gasteiger partial charge in [0.05, 0.1) is 0 Å². The Labute approximate surface area is 184 Å². The van der Waals surface area contributed by atoms with Crippen molar-refractivity contribution in [1.29, 1.82) is 0 Å². The second-order valence-electron chi connectivity index (χ2n) is 7.75. The molecule has 32 heavy (non-hydrogen) atoms. The molecular formula is C23H22N2O7. The molecule has 1 atom stereocenters. The van der Waals surface area contributed by atoms with E-state index in [2.05, 4.69) is 5.32 Å². The highest BCUT2D eigenvalue weighted by Crippen LogP contribution is 2.31. The van der Waals surface area contributed by atoms with Crippen LogP contribution < -0.4 is 14.8 Å². The van der Waals surface area contributed by atoms with Gasteiger partial charge in [0.15, 0.2) is 23.9 Å². The van der Waals surface area contributed by atoms with Crippen molar-refractivity contribution in [2.24, 2.45) is 0 Å². The van der Waals surface area contributed by atoms with Crippen molar-refractivity contribution < 1.29 is 33.4 Å². The van der Waals surface area contributed by atoms with Crippen LogP contribution in [0.4, 0.5) is 4.79 Å². The molecule has 166 valence electrons. The molecule has 2 heterocycles. The molecule has 0 radical (unpaired) electrons. The summed E-state index contributed by atoms with van der Waals surface area (Å²) in [6.07, 6.45) is 0. The van der Waals surface area contributed by atoms with Crippen LogP contribution in [0, 0.1) is 6.92 Å². The van der Waals surface area contributed by atoms with E-state index in [0.29, 0.717) is 35.8 Å². The SMILES string of the molecule is Cc1ccc([C@]2(C)NC(=O)N(CC(=O)OCC(=O)c3ccc4c(c3)OCCO4)C2=O)cc1. The van der Waals surface area contributed by atoms with Crippen LogP contribution in [0.25, 0.3) is 0 Å². The van der Waals surface area contributed by atoms with Gasteiger partial charge in [-0.05, 0) is 37.6 Å². The van der Waals surface area contributed by atoms with Crippen molar-refractivity contribution in [3.05, 3.63) is 59.2 Å². The maximum Gasteiger partial charge on any atom is 0.326 e. The number of carbonyl (C=O) groups is 4. The lowest BCUT2D eigenvalue weighted by molar-refractivity contribution is -0.146. The maximum atomic E-state index is 12.9. The minimum Gasteiger partial charge on any atom is -0.486 e. The number of ether oxygens (including phenoxy) is 3. The highest BCUT2D eigenvalue weighted by molar-refractivity contribution is 6.09. The lowest BCUT2D eigenvalue weighted by Crippen LogP contribution is -2.41. The lowest BCUT2D eigenvalue weighted by Gasteiger charge is -2.22. The third-order valence-electron chi connectivity index (χ3n) is 5.42. The fourth-order valence-electron chi connectivity index (χ4n) is 3.54. The largest absolute Gasteiger partial charge is 0.486 e. The highest BCUT2D eigenvalue weighted by atomic mass is 16.6. The minimum absolute atomic E-state index is 0.295. The van der Waals surface area contributed by atoms with Crippen LogP contribution >= 0.6 is 0 Å². The van der Waals surface area contributed by atoms with Gasteiger partial charge in [0.2, 0.25) is 0 Å². The smallest absolute Gasteiger partial charge is 0.326 e. The standard InChI is InChI=1S/C23H22N2O7/c1-14-3-6-16(7-4-14)23(2)21(28)25(22(29)24-23)12-20(27)32-13-17(26)15-5-8-18-19(11-15)31-10-9-30-18/h3-8,11H,9-10,12-13H2,1-2H3,(H,24,29)/t23-/m0/s1. The van der Waals surface area contributed by atoms with Crippen molar-refractivity contribution in [3.63, 3.8) is 0 Å². The zero-order valence-electron chi connectivity index (χ0n) is 17.7. The summed E-state index contributed by atoms with van der Waals surface area (Å²) in [4.78, 5) is 50.7. The molecule has 0 unspecified atom stereocenters. The number of urea groups is 1. The molecule has 0 saturated carbocycles. The Bertz CT molecular complexity index is 1100. The minimum atomic E-state index is -1.29. The van der Waals surface area contributed by atoms with Gasteiger partial charge in [0.25, 0.3) is 5.91 Å². The molecule has 4 rings (SSSR count). The number of aryl methyl sites for hydroxylation is 1. The Hall–Kier alpha value is -3.88. The number of ketones is 1. The van der Waals surface area contributed by atoms with E-state index in [1.54, 1.807) is 31.2 Å². The van der Waals surface area contributed by atoms with Crippen LogP contribution in [0.2, 0.25) is 0 Å². The summed E-state index contributed by atoms with van der Waals surface area (Å²) in [7, 11) is 0. The van der Waals surface area contributed by atoms with E-state index < -0.39 is 42.4 Å². The summed E-state index contributed by atoms with van der Waals surface area (Å²) in [6.45, 7) is 3.18. The molecule has 2 aromatic carbocycles. The number of amides is 3. The maximum absolute atomic E-state index is 12.9. The van der Waals surface area contributed by atoms with E-state index in [4.69, 9.17) is 14.2 Å². The number of nitrogens with one attached hydrogen (secondary N) is 1. The van der Waals surface area contributed by atoms with Crippen molar-refractivity contribution in [3.8, 4) is 11.5 Å². The molecule has 1 fully saturated rings. The van der Waals surface area contributed by atoms with E-state index in [-0.39, 0.29) is 0 Å². The Morgan fingerprint density at radius 3 is 2.47 bits per heavy atom. The summed E-state index contributed by atoms with van der Waals surface area (Å²) in [5, 5.41) is 2.63. The Morgan fingerprint density at radius 2 is 1.75 bits per heavy atom. The summed E-state index contributed by atoms with van der Waals surface area (Å²) in [5.41, 5.74) is 0.624. The first-order chi connectivity index (χ1) is 15.3. The fraction of sp³-hybridized carbons (Fsp3) is 0.304. The monoisotopic (exact) mass is 438 g/mol. The number of Topliss-reactive ketones (excluding diaryl/α,β-unsaturated/α-hetero) is 1. The number of esters is 1. The highest BCUT2D eigenvalue weighted by Gasteiger charge is 2.49. The third kappa shape index (κ3) is 4.01. The van der Waals surface area contributed by atoms with E-state index >= 15 is 0 Å². The second kappa shape index (κ2) is 8.33. The van der Waals surface area contributed by atoms with Crippen LogP contribution in [0.3, 0.4) is 0 Å². The van der Waals surface area contributed by atoms with Gasteiger partial charge in [0, 0.05) is 5.56 Å². The molecule has 0 bridgehead atoms. The zero-order chi connectivity index (χ0) is 22.9. The normalized spacial score (nSPS) is 19.5. The number of carbonyl (C=O) groups excluding carboxylic acids is 4. The van der Waals surface area contributed by atoms with Gasteiger partial charge >= 0.3 is 12.0 Å². The zero-order valence-corrected chi connectivity index (χ0v) is 17.7. The lowest BCUT2D eigenvalue weighted by atomic mass is 9.91. The number of fused-ring (bicyclic) bond motifs is 1. The number of hydrogen-bond donors (Lipinski definition) is 1. The van der Waals surface area contributed by atoms with E-state index in [1.165, 1.54) is 6.07 Å². The Kier molecular flexibility index (Phi) is 5.56. The first-order valence-electron chi connectivity index (χ1n) is 10.1. The topological polar surface area (TPSA) is 111 Å². The van der Waals surface area contributed by atoms with Gasteiger partial charge in [0.1, 0.15) is 25.3 Å². The summed E-state index contributed by atoms with van der Waals surface area (Å²) in [6, 6.07) is 11.2. The predicted molar refractivity (Wildman–Crippen MR) is 111 cm³/mol. The van der Waals surface area contributed by atoms with Crippen molar-refractivity contribution in [2.75, 3.05) is 26.4 Å². The molecule has 0 aliphatic carbocycles. The quantitative estimate of drug-likeness (QED) is 0.417. The summed E-state index contributed by atoms with van der Waals surface area (Å²) in [5.74, 6) is -0.894. The van der Waals surface area contributed by atoms with Crippen molar-refractivity contribution in [2.45, 2.75) is 19.4 Å². The van der Waals surface area contributed by atoms with Gasteiger partial charge in [-0.1, -0.05) is 29.8 Å². The Balaban J connectivity index is 1.36. The number of benzene rings is 2. The van der Waals surface area contributed by atoms with Gasteiger partial charge in [-0.2, -0.15) is 0 Å². The third-order valence-corrected chi connectivity index (χ3v) is 5.42. The van der Waals surface area contributed by atoms with Gasteiger partial charge in [-0.3, -0.25) is 19.3 Å². The van der Waals surface area contributed by atoms with Crippen molar-refractivity contribution >= 4 is 23.7 Å². The van der Waals surface area contributed by atoms with Gasteiger partial charge < -0.3 is 19.5 Å². The van der Waals surface area contributed by atoms with Crippen LogP contribution in [-0.4, -0.2) is 55.0 Å². The molecule has 1 saturated heterocycles.